The van der Waals surface area contributed by atoms with Crippen LogP contribution in [-0.2, 0) is 6.54 Å². The third kappa shape index (κ3) is 4.48. The summed E-state index contributed by atoms with van der Waals surface area (Å²) in [6.07, 6.45) is 5.21. The minimum atomic E-state index is -0.256. The van der Waals surface area contributed by atoms with Crippen molar-refractivity contribution in [2.75, 3.05) is 24.3 Å². The molecule has 7 heteroatoms. The van der Waals surface area contributed by atoms with Crippen molar-refractivity contribution in [1.82, 2.24) is 20.1 Å². The van der Waals surface area contributed by atoms with Gasteiger partial charge in [-0.3, -0.25) is 4.68 Å². The fourth-order valence-electron chi connectivity index (χ4n) is 1.85. The number of hydrogen-bond acceptors (Lipinski definition) is 4. The molecule has 21 heavy (non-hydrogen) atoms. The quantitative estimate of drug-likeness (QED) is 0.875. The van der Waals surface area contributed by atoms with Crippen molar-refractivity contribution in [3.05, 3.63) is 36.8 Å². The normalized spacial score (nSPS) is 11.8. The molecule has 2 aromatic heterocycles. The van der Waals surface area contributed by atoms with Crippen molar-refractivity contribution in [2.24, 2.45) is 0 Å². The Labute approximate surface area is 124 Å². The second kappa shape index (κ2) is 6.74. The number of urea groups is 1. The molecular formula is C14H20N6O. The van der Waals surface area contributed by atoms with E-state index in [9.17, 15) is 4.79 Å². The monoisotopic (exact) mass is 288 g/mol. The summed E-state index contributed by atoms with van der Waals surface area (Å²) in [6, 6.07) is 5.24. The summed E-state index contributed by atoms with van der Waals surface area (Å²) in [7, 11) is 3.83. The Morgan fingerprint density at radius 2 is 2.24 bits per heavy atom. The van der Waals surface area contributed by atoms with E-state index in [4.69, 9.17) is 0 Å². The van der Waals surface area contributed by atoms with E-state index in [2.05, 4.69) is 20.7 Å². The number of nitrogens with zero attached hydrogens (tertiary/aromatic N) is 4. The first-order valence-corrected chi connectivity index (χ1v) is 6.73. The molecule has 0 saturated carbocycles. The van der Waals surface area contributed by atoms with Gasteiger partial charge in [0.1, 0.15) is 5.82 Å². The summed E-state index contributed by atoms with van der Waals surface area (Å²) in [6.45, 7) is 2.55. The summed E-state index contributed by atoms with van der Waals surface area (Å²) in [4.78, 5) is 18.0. The molecule has 0 unspecified atom stereocenters. The molecule has 0 bridgehead atoms. The van der Waals surface area contributed by atoms with Crippen LogP contribution in [0.15, 0.2) is 36.8 Å². The molecule has 2 N–H and O–H groups in total. The second-order valence-electron chi connectivity index (χ2n) is 5.03. The summed E-state index contributed by atoms with van der Waals surface area (Å²) < 4.78 is 1.78. The summed E-state index contributed by atoms with van der Waals surface area (Å²) in [5.74, 6) is 0.841. The average molecular weight is 288 g/mol. The minimum absolute atomic E-state index is 0.0288. The summed E-state index contributed by atoms with van der Waals surface area (Å²) >= 11 is 0. The maximum absolute atomic E-state index is 11.9. The van der Waals surface area contributed by atoms with Crippen LogP contribution in [0, 0.1) is 0 Å². The highest BCUT2D eigenvalue weighted by molar-refractivity contribution is 5.89. The Bertz CT molecular complexity index is 564. The van der Waals surface area contributed by atoms with Crippen LogP contribution in [0.3, 0.4) is 0 Å². The Hall–Kier alpha value is -2.57. The summed E-state index contributed by atoms with van der Waals surface area (Å²) in [5, 5.41) is 9.72. The molecule has 2 aromatic rings. The number of pyridine rings is 1. The molecule has 2 rings (SSSR count). The van der Waals surface area contributed by atoms with Gasteiger partial charge in [0.15, 0.2) is 0 Å². The first-order valence-electron chi connectivity index (χ1n) is 6.73. The van der Waals surface area contributed by atoms with Crippen LogP contribution < -0.4 is 15.5 Å². The van der Waals surface area contributed by atoms with Crippen LogP contribution >= 0.6 is 0 Å². The van der Waals surface area contributed by atoms with E-state index in [-0.39, 0.29) is 12.1 Å². The van der Waals surface area contributed by atoms with Crippen LogP contribution in [0.5, 0.6) is 0 Å². The van der Waals surface area contributed by atoms with Crippen molar-refractivity contribution in [3.63, 3.8) is 0 Å². The van der Waals surface area contributed by atoms with Gasteiger partial charge >= 0.3 is 6.03 Å². The molecule has 7 nitrogen and oxygen atoms in total. The van der Waals surface area contributed by atoms with Crippen LogP contribution in [0.4, 0.5) is 16.3 Å². The maximum atomic E-state index is 11.9. The van der Waals surface area contributed by atoms with Crippen molar-refractivity contribution >= 4 is 17.5 Å². The lowest BCUT2D eigenvalue weighted by Crippen LogP contribution is -2.38. The predicted octanol–water partition coefficient (Wildman–Crippen LogP) is 1.55. The third-order valence-electron chi connectivity index (χ3n) is 2.86. The van der Waals surface area contributed by atoms with E-state index in [1.165, 1.54) is 0 Å². The number of amides is 2. The van der Waals surface area contributed by atoms with E-state index < -0.39 is 0 Å². The first kappa shape index (κ1) is 14.8. The van der Waals surface area contributed by atoms with Crippen molar-refractivity contribution in [1.29, 1.82) is 0 Å². The highest BCUT2D eigenvalue weighted by atomic mass is 16.2. The van der Waals surface area contributed by atoms with Crippen LogP contribution in [0.1, 0.15) is 6.92 Å². The lowest BCUT2D eigenvalue weighted by molar-refractivity contribution is 0.247. The van der Waals surface area contributed by atoms with E-state index >= 15 is 0 Å². The van der Waals surface area contributed by atoms with Crippen LogP contribution in [0.2, 0.25) is 0 Å². The lowest BCUT2D eigenvalue weighted by Gasteiger charge is -2.15. The number of anilines is 2. The number of carbonyl (C=O) groups excluding carboxylic acids is 1. The summed E-state index contributed by atoms with van der Waals surface area (Å²) in [5.41, 5.74) is 0.657. The average Bonchev–Trinajstić information content (AvgIpc) is 2.91. The smallest absolute Gasteiger partial charge is 0.319 e. The van der Waals surface area contributed by atoms with E-state index in [0.717, 1.165) is 5.82 Å². The Balaban J connectivity index is 1.83. The van der Waals surface area contributed by atoms with Crippen molar-refractivity contribution in [2.45, 2.75) is 19.5 Å². The molecule has 0 aromatic carbocycles. The Morgan fingerprint density at radius 1 is 1.43 bits per heavy atom. The van der Waals surface area contributed by atoms with Gasteiger partial charge in [-0.25, -0.2) is 9.78 Å². The topological polar surface area (TPSA) is 75.1 Å². The molecule has 112 valence electrons. The fraction of sp³-hybridized carbons (Fsp3) is 0.357. The molecular weight excluding hydrogens is 268 g/mol. The second-order valence-corrected chi connectivity index (χ2v) is 5.03. The van der Waals surface area contributed by atoms with Gasteiger partial charge in [0.05, 0.1) is 18.4 Å². The molecule has 0 radical (unpaired) electrons. The number of aromatic nitrogens is 3. The molecule has 1 atom stereocenters. The third-order valence-corrected chi connectivity index (χ3v) is 2.86. The van der Waals surface area contributed by atoms with Gasteiger partial charge in [-0.1, -0.05) is 0 Å². The molecule has 0 aliphatic carbocycles. The number of carbonyl (C=O) groups is 1. The van der Waals surface area contributed by atoms with Gasteiger partial charge in [-0.2, -0.15) is 5.10 Å². The molecule has 0 saturated heterocycles. The highest BCUT2D eigenvalue weighted by Gasteiger charge is 2.08. The minimum Gasteiger partial charge on any atom is -0.363 e. The van der Waals surface area contributed by atoms with E-state index in [1.807, 2.05) is 50.3 Å². The van der Waals surface area contributed by atoms with Gasteiger partial charge in [0.25, 0.3) is 0 Å². The molecule has 0 aliphatic heterocycles. The number of hydrogen-bond donors (Lipinski definition) is 2. The SMILES string of the molecule is C[C@@H](Cn1cccn1)NC(=O)Nc1ccc(N(C)C)nc1. The van der Waals surface area contributed by atoms with Gasteiger partial charge in [-0.15, -0.1) is 0 Å². The zero-order valence-corrected chi connectivity index (χ0v) is 12.4. The van der Waals surface area contributed by atoms with Gasteiger partial charge in [-0.05, 0) is 25.1 Å². The fourth-order valence-corrected chi connectivity index (χ4v) is 1.85. The molecule has 0 spiro atoms. The van der Waals surface area contributed by atoms with Crippen molar-refractivity contribution < 1.29 is 4.79 Å². The largest absolute Gasteiger partial charge is 0.363 e. The highest BCUT2D eigenvalue weighted by Crippen LogP contribution is 2.11. The molecule has 0 aliphatic rings. The van der Waals surface area contributed by atoms with Gasteiger partial charge < -0.3 is 15.5 Å². The molecule has 2 heterocycles. The Kier molecular flexibility index (Phi) is 4.76. The van der Waals surface area contributed by atoms with Crippen LogP contribution in [-0.4, -0.2) is 40.9 Å². The zero-order chi connectivity index (χ0) is 15.2. The molecule has 2 amide bonds. The van der Waals surface area contributed by atoms with E-state index in [1.54, 1.807) is 17.1 Å². The standard InChI is InChI=1S/C14H20N6O/c1-11(10-20-8-4-7-16-20)17-14(21)18-12-5-6-13(15-9-12)19(2)3/h4-9,11H,10H2,1-3H3,(H2,17,18,21)/t11-/m0/s1. The maximum Gasteiger partial charge on any atom is 0.319 e. The van der Waals surface area contributed by atoms with Crippen LogP contribution in [0.25, 0.3) is 0 Å². The van der Waals surface area contributed by atoms with Gasteiger partial charge in [0, 0.05) is 32.5 Å². The van der Waals surface area contributed by atoms with Gasteiger partial charge in [0.2, 0.25) is 0 Å². The number of nitrogens with one attached hydrogen (secondary N) is 2. The predicted molar refractivity (Wildman–Crippen MR) is 82.4 cm³/mol. The molecule has 0 fully saturated rings. The van der Waals surface area contributed by atoms with E-state index in [0.29, 0.717) is 12.2 Å². The Morgan fingerprint density at radius 3 is 2.81 bits per heavy atom. The zero-order valence-electron chi connectivity index (χ0n) is 12.4. The number of rotatable bonds is 5. The first-order chi connectivity index (χ1) is 10.0. The van der Waals surface area contributed by atoms with Crippen molar-refractivity contribution in [3.8, 4) is 0 Å². The lowest BCUT2D eigenvalue weighted by atomic mass is 10.3.